The lowest BCUT2D eigenvalue weighted by Gasteiger charge is -2.45. The van der Waals surface area contributed by atoms with Crippen molar-refractivity contribution in [2.45, 2.75) is 32.3 Å². The van der Waals surface area contributed by atoms with Gasteiger partial charge < -0.3 is 15.1 Å². The molecule has 0 spiro atoms. The van der Waals surface area contributed by atoms with Gasteiger partial charge in [0.25, 0.3) is 5.91 Å². The molecule has 3 rings (SSSR count). The molecule has 1 fully saturated rings. The third-order valence-corrected chi connectivity index (χ3v) is 5.91. The van der Waals surface area contributed by atoms with Gasteiger partial charge in [0.15, 0.2) is 0 Å². The highest BCUT2D eigenvalue weighted by molar-refractivity contribution is 7.17. The summed E-state index contributed by atoms with van der Waals surface area (Å²) in [6.45, 7) is 2.91. The first-order valence-electron chi connectivity index (χ1n) is 8.16. The largest absolute Gasteiger partial charge is 0.396 e. The number of carbonyl (C=O) groups is 1. The molecule has 1 aliphatic heterocycles. The maximum Gasteiger partial charge on any atom is 0.255 e. The lowest BCUT2D eigenvalue weighted by molar-refractivity contribution is -0.0719. The van der Waals surface area contributed by atoms with Crippen LogP contribution in [0, 0.1) is 5.41 Å². The van der Waals surface area contributed by atoms with Crippen LogP contribution < -0.4 is 0 Å². The first kappa shape index (κ1) is 16.4. The van der Waals surface area contributed by atoms with E-state index >= 15 is 0 Å². The average molecular weight is 333 g/mol. The van der Waals surface area contributed by atoms with E-state index in [9.17, 15) is 15.0 Å². The van der Waals surface area contributed by atoms with Gasteiger partial charge in [-0.05, 0) is 18.9 Å². The highest BCUT2D eigenvalue weighted by atomic mass is 32.1. The lowest BCUT2D eigenvalue weighted by Crippen LogP contribution is -2.55. The average Bonchev–Trinajstić information content (AvgIpc) is 3.00. The number of benzene rings is 1. The molecule has 4 nitrogen and oxygen atoms in total. The van der Waals surface area contributed by atoms with E-state index in [-0.39, 0.29) is 12.5 Å². The number of hydrogen-bond donors (Lipinski definition) is 2. The fraction of sp³-hybridized carbons (Fsp3) is 0.500. The number of nitrogens with zero attached hydrogens (tertiary/aromatic N) is 1. The highest BCUT2D eigenvalue weighted by Gasteiger charge is 2.43. The summed E-state index contributed by atoms with van der Waals surface area (Å²) in [5.74, 6) is 0.00304. The third-order valence-electron chi connectivity index (χ3n) is 4.95. The van der Waals surface area contributed by atoms with E-state index in [4.69, 9.17) is 0 Å². The molecule has 1 amide bonds. The van der Waals surface area contributed by atoms with Crippen molar-refractivity contribution in [3.8, 4) is 0 Å². The molecule has 124 valence electrons. The lowest BCUT2D eigenvalue weighted by atomic mass is 9.74. The van der Waals surface area contributed by atoms with Gasteiger partial charge in [-0.1, -0.05) is 31.5 Å². The van der Waals surface area contributed by atoms with E-state index in [0.29, 0.717) is 19.5 Å². The van der Waals surface area contributed by atoms with E-state index in [1.807, 2.05) is 36.6 Å². The van der Waals surface area contributed by atoms with Gasteiger partial charge >= 0.3 is 0 Å². The van der Waals surface area contributed by atoms with E-state index in [1.54, 1.807) is 16.2 Å². The zero-order valence-corrected chi connectivity index (χ0v) is 14.2. The van der Waals surface area contributed by atoms with Crippen LogP contribution in [0.5, 0.6) is 0 Å². The summed E-state index contributed by atoms with van der Waals surface area (Å²) < 4.78 is 1.11. The van der Waals surface area contributed by atoms with Crippen molar-refractivity contribution in [1.82, 2.24) is 4.90 Å². The van der Waals surface area contributed by atoms with Gasteiger partial charge in [-0.2, -0.15) is 0 Å². The summed E-state index contributed by atoms with van der Waals surface area (Å²) in [6, 6.07) is 7.91. The second-order valence-electron chi connectivity index (χ2n) is 6.45. The molecule has 0 bridgehead atoms. The number of fused-ring (bicyclic) bond motifs is 1. The molecule has 0 saturated carbocycles. The van der Waals surface area contributed by atoms with Crippen molar-refractivity contribution in [2.24, 2.45) is 5.41 Å². The number of amides is 1. The number of hydrogen-bond acceptors (Lipinski definition) is 4. The second kappa shape index (κ2) is 6.59. The molecular weight excluding hydrogens is 310 g/mol. The van der Waals surface area contributed by atoms with Gasteiger partial charge in [0.05, 0.1) is 18.3 Å². The molecule has 1 saturated heterocycles. The number of aliphatic hydroxyl groups excluding tert-OH is 2. The van der Waals surface area contributed by atoms with Crippen LogP contribution in [0.3, 0.4) is 0 Å². The van der Waals surface area contributed by atoms with Gasteiger partial charge in [0, 0.05) is 34.0 Å². The first-order valence-corrected chi connectivity index (χ1v) is 9.03. The molecule has 0 radical (unpaired) electrons. The van der Waals surface area contributed by atoms with Crippen LogP contribution in [0.2, 0.25) is 0 Å². The highest BCUT2D eigenvalue weighted by Crippen LogP contribution is 2.36. The fourth-order valence-corrected chi connectivity index (χ4v) is 4.55. The van der Waals surface area contributed by atoms with Gasteiger partial charge in [-0.25, -0.2) is 0 Å². The Hall–Kier alpha value is -1.43. The molecular formula is C18H23NO3S. The van der Waals surface area contributed by atoms with Crippen molar-refractivity contribution in [2.75, 3.05) is 19.7 Å². The Labute approximate surface area is 140 Å². The first-order chi connectivity index (χ1) is 11.1. The maximum absolute atomic E-state index is 13.0. The molecule has 2 N–H and O–H groups in total. The predicted octanol–water partition coefficient (Wildman–Crippen LogP) is 2.89. The minimum absolute atomic E-state index is 0.00304. The van der Waals surface area contributed by atoms with Crippen LogP contribution >= 0.6 is 11.3 Å². The van der Waals surface area contributed by atoms with E-state index < -0.39 is 11.5 Å². The Morgan fingerprint density at radius 3 is 2.96 bits per heavy atom. The SMILES string of the molecule is CCC[C@]1(CO)CN(C(=O)c2csc3ccccc23)CC[C@H]1O. The van der Waals surface area contributed by atoms with Crippen LogP contribution in [0.15, 0.2) is 29.6 Å². The Morgan fingerprint density at radius 2 is 2.22 bits per heavy atom. The number of thiophene rings is 1. The monoisotopic (exact) mass is 333 g/mol. The van der Waals surface area contributed by atoms with Crippen molar-refractivity contribution in [3.05, 3.63) is 35.2 Å². The van der Waals surface area contributed by atoms with Gasteiger partial charge in [0.2, 0.25) is 0 Å². The zero-order valence-electron chi connectivity index (χ0n) is 13.4. The summed E-state index contributed by atoms with van der Waals surface area (Å²) in [7, 11) is 0. The molecule has 1 aromatic carbocycles. The van der Waals surface area contributed by atoms with Crippen LogP contribution in [0.25, 0.3) is 10.1 Å². The molecule has 2 aromatic rings. The molecule has 5 heteroatoms. The Kier molecular flexibility index (Phi) is 4.71. The van der Waals surface area contributed by atoms with E-state index in [1.165, 1.54) is 0 Å². The Balaban J connectivity index is 1.88. The standard InChI is InChI=1S/C18H23NO3S/c1-2-8-18(12-20)11-19(9-7-16(18)21)17(22)14-10-23-15-6-4-3-5-13(14)15/h3-6,10,16,20-21H,2,7-9,11-12H2,1H3/t16-,18-/m1/s1. The van der Waals surface area contributed by atoms with Gasteiger partial charge in [-0.15, -0.1) is 11.3 Å². The van der Waals surface area contributed by atoms with Gasteiger partial charge in [0.1, 0.15) is 0 Å². The van der Waals surface area contributed by atoms with Crippen LogP contribution in [0.1, 0.15) is 36.5 Å². The summed E-state index contributed by atoms with van der Waals surface area (Å²) in [4.78, 5) is 14.8. The topological polar surface area (TPSA) is 60.8 Å². The van der Waals surface area contributed by atoms with Crippen LogP contribution in [-0.2, 0) is 0 Å². The normalized spacial score (nSPS) is 25.0. The number of piperidine rings is 1. The number of carbonyl (C=O) groups excluding carboxylic acids is 1. The quantitative estimate of drug-likeness (QED) is 0.904. The van der Waals surface area contributed by atoms with Crippen molar-refractivity contribution in [3.63, 3.8) is 0 Å². The van der Waals surface area contributed by atoms with Crippen molar-refractivity contribution >= 4 is 27.3 Å². The van der Waals surface area contributed by atoms with Crippen LogP contribution in [0.4, 0.5) is 0 Å². The van der Waals surface area contributed by atoms with Crippen LogP contribution in [-0.4, -0.2) is 46.8 Å². The smallest absolute Gasteiger partial charge is 0.255 e. The number of likely N-dealkylation sites (tertiary alicyclic amines) is 1. The summed E-state index contributed by atoms with van der Waals surface area (Å²) in [5, 5.41) is 23.1. The second-order valence-corrected chi connectivity index (χ2v) is 7.36. The Bertz CT molecular complexity index is 698. The molecule has 1 aromatic heterocycles. The molecule has 2 heterocycles. The zero-order chi connectivity index (χ0) is 16.4. The fourth-order valence-electron chi connectivity index (χ4n) is 3.61. The molecule has 2 atom stereocenters. The van der Waals surface area contributed by atoms with E-state index in [2.05, 4.69) is 0 Å². The van der Waals surface area contributed by atoms with E-state index in [0.717, 1.165) is 28.5 Å². The minimum Gasteiger partial charge on any atom is -0.396 e. The molecule has 23 heavy (non-hydrogen) atoms. The predicted molar refractivity (Wildman–Crippen MR) is 92.8 cm³/mol. The van der Waals surface area contributed by atoms with Crippen molar-refractivity contribution < 1.29 is 15.0 Å². The third kappa shape index (κ3) is 2.89. The minimum atomic E-state index is -0.589. The van der Waals surface area contributed by atoms with Crippen molar-refractivity contribution in [1.29, 1.82) is 0 Å². The maximum atomic E-state index is 13.0. The number of rotatable bonds is 4. The summed E-state index contributed by atoms with van der Waals surface area (Å²) in [5.41, 5.74) is 0.138. The molecule has 0 unspecified atom stereocenters. The molecule has 1 aliphatic rings. The van der Waals surface area contributed by atoms with Gasteiger partial charge in [-0.3, -0.25) is 4.79 Å². The summed E-state index contributed by atoms with van der Waals surface area (Å²) >= 11 is 1.58. The molecule has 0 aliphatic carbocycles. The Morgan fingerprint density at radius 1 is 1.43 bits per heavy atom. The summed E-state index contributed by atoms with van der Waals surface area (Å²) in [6.07, 6.45) is 1.57. The number of aliphatic hydroxyl groups is 2.